The number of fused-ring (bicyclic) bond motifs is 1. The SMILES string of the molecule is CCCCCCCCCCOc1ccc2c(c1)CCC2O. The lowest BCUT2D eigenvalue weighted by Crippen LogP contribution is -1.98. The Balaban J connectivity index is 1.55. The molecule has 1 aromatic rings. The van der Waals surface area contributed by atoms with E-state index in [1.165, 1.54) is 50.5 Å². The third kappa shape index (κ3) is 5.35. The topological polar surface area (TPSA) is 29.5 Å². The highest BCUT2D eigenvalue weighted by molar-refractivity contribution is 5.39. The quantitative estimate of drug-likeness (QED) is 0.601. The Labute approximate surface area is 129 Å². The summed E-state index contributed by atoms with van der Waals surface area (Å²) in [5.74, 6) is 0.964. The Morgan fingerprint density at radius 1 is 1.05 bits per heavy atom. The van der Waals surface area contributed by atoms with Crippen LogP contribution in [-0.4, -0.2) is 11.7 Å². The summed E-state index contributed by atoms with van der Waals surface area (Å²) in [5.41, 5.74) is 2.35. The van der Waals surface area contributed by atoms with Crippen molar-refractivity contribution in [2.45, 2.75) is 77.2 Å². The fourth-order valence-electron chi connectivity index (χ4n) is 3.09. The first kappa shape index (κ1) is 16.4. The molecule has 0 saturated carbocycles. The molecule has 0 saturated heterocycles. The molecule has 0 spiro atoms. The molecule has 0 amide bonds. The average Bonchev–Trinajstić information content (AvgIpc) is 2.86. The normalized spacial score (nSPS) is 17.0. The average molecular weight is 290 g/mol. The fraction of sp³-hybridized carbons (Fsp3) is 0.684. The van der Waals surface area contributed by atoms with Crippen LogP contribution in [0.25, 0.3) is 0 Å². The van der Waals surface area contributed by atoms with Crippen LogP contribution < -0.4 is 4.74 Å². The van der Waals surface area contributed by atoms with Gasteiger partial charge >= 0.3 is 0 Å². The summed E-state index contributed by atoms with van der Waals surface area (Å²) < 4.78 is 5.83. The second-order valence-electron chi connectivity index (χ2n) is 6.24. The third-order valence-corrected chi connectivity index (χ3v) is 4.43. The molecule has 21 heavy (non-hydrogen) atoms. The van der Waals surface area contributed by atoms with Gasteiger partial charge in [0.15, 0.2) is 0 Å². The van der Waals surface area contributed by atoms with E-state index >= 15 is 0 Å². The predicted molar refractivity (Wildman–Crippen MR) is 87.8 cm³/mol. The van der Waals surface area contributed by atoms with E-state index < -0.39 is 0 Å². The van der Waals surface area contributed by atoms with E-state index in [2.05, 4.69) is 13.0 Å². The predicted octanol–water partition coefficient (Wildman–Crippen LogP) is 5.19. The standard InChI is InChI=1S/C19H30O2/c1-2-3-4-5-6-7-8-9-14-21-17-11-12-18-16(15-17)10-13-19(18)20/h11-12,15,19-20H,2-10,13-14H2,1H3. The summed E-state index contributed by atoms with van der Waals surface area (Å²) in [6, 6.07) is 6.13. The van der Waals surface area contributed by atoms with Crippen LogP contribution in [0.3, 0.4) is 0 Å². The molecule has 2 heteroatoms. The van der Waals surface area contributed by atoms with Crippen LogP contribution in [0.2, 0.25) is 0 Å². The third-order valence-electron chi connectivity index (χ3n) is 4.43. The van der Waals surface area contributed by atoms with Crippen LogP contribution in [-0.2, 0) is 6.42 Å². The maximum absolute atomic E-state index is 9.78. The highest BCUT2D eigenvalue weighted by Crippen LogP contribution is 2.33. The maximum atomic E-state index is 9.78. The number of aliphatic hydroxyl groups is 1. The van der Waals surface area contributed by atoms with Gasteiger partial charge in [-0.15, -0.1) is 0 Å². The molecular formula is C19H30O2. The summed E-state index contributed by atoms with van der Waals surface area (Å²) in [5, 5.41) is 9.78. The van der Waals surface area contributed by atoms with Crippen molar-refractivity contribution in [1.82, 2.24) is 0 Å². The van der Waals surface area contributed by atoms with E-state index in [4.69, 9.17) is 4.74 Å². The van der Waals surface area contributed by atoms with E-state index in [9.17, 15) is 5.11 Å². The van der Waals surface area contributed by atoms with Crippen LogP contribution in [0.4, 0.5) is 0 Å². The smallest absolute Gasteiger partial charge is 0.119 e. The number of ether oxygens (including phenoxy) is 1. The minimum atomic E-state index is -0.262. The number of aryl methyl sites for hydroxylation is 1. The largest absolute Gasteiger partial charge is 0.494 e. The van der Waals surface area contributed by atoms with Gasteiger partial charge in [-0.2, -0.15) is 0 Å². The van der Waals surface area contributed by atoms with Gasteiger partial charge in [0.2, 0.25) is 0 Å². The van der Waals surface area contributed by atoms with Crippen molar-refractivity contribution in [1.29, 1.82) is 0 Å². The van der Waals surface area contributed by atoms with Gasteiger partial charge in [0.1, 0.15) is 5.75 Å². The lowest BCUT2D eigenvalue weighted by atomic mass is 10.1. The molecule has 118 valence electrons. The molecule has 1 atom stereocenters. The minimum absolute atomic E-state index is 0.262. The minimum Gasteiger partial charge on any atom is -0.494 e. The van der Waals surface area contributed by atoms with Gasteiger partial charge in [-0.05, 0) is 42.5 Å². The van der Waals surface area contributed by atoms with E-state index in [-0.39, 0.29) is 6.10 Å². The van der Waals surface area contributed by atoms with Crippen molar-refractivity contribution in [3.05, 3.63) is 29.3 Å². The molecule has 2 rings (SSSR count). The number of hydrogen-bond acceptors (Lipinski definition) is 2. The van der Waals surface area contributed by atoms with E-state index in [1.807, 2.05) is 12.1 Å². The second kappa shape index (κ2) is 9.09. The maximum Gasteiger partial charge on any atom is 0.119 e. The number of benzene rings is 1. The molecule has 2 nitrogen and oxygen atoms in total. The second-order valence-corrected chi connectivity index (χ2v) is 6.24. The first-order chi connectivity index (χ1) is 10.3. The number of rotatable bonds is 10. The molecule has 1 aromatic carbocycles. The Kier molecular flexibility index (Phi) is 7.08. The molecule has 1 aliphatic rings. The van der Waals surface area contributed by atoms with Gasteiger partial charge in [-0.25, -0.2) is 0 Å². The molecule has 0 bridgehead atoms. The Morgan fingerprint density at radius 3 is 2.52 bits per heavy atom. The zero-order valence-corrected chi connectivity index (χ0v) is 13.4. The van der Waals surface area contributed by atoms with Gasteiger partial charge in [-0.3, -0.25) is 0 Å². The first-order valence-corrected chi connectivity index (χ1v) is 8.75. The summed E-state index contributed by atoms with van der Waals surface area (Å²) in [7, 11) is 0. The van der Waals surface area contributed by atoms with Gasteiger partial charge in [-0.1, -0.05) is 57.9 Å². The summed E-state index contributed by atoms with van der Waals surface area (Å²) >= 11 is 0. The lowest BCUT2D eigenvalue weighted by molar-refractivity contribution is 0.180. The van der Waals surface area contributed by atoms with Crippen LogP contribution in [0.15, 0.2) is 18.2 Å². The van der Waals surface area contributed by atoms with Crippen molar-refractivity contribution in [3.63, 3.8) is 0 Å². The number of aliphatic hydroxyl groups excluding tert-OH is 1. The summed E-state index contributed by atoms with van der Waals surface area (Å²) in [4.78, 5) is 0. The van der Waals surface area contributed by atoms with Crippen molar-refractivity contribution in [2.24, 2.45) is 0 Å². The zero-order chi connectivity index (χ0) is 14.9. The van der Waals surface area contributed by atoms with E-state index in [0.29, 0.717) is 0 Å². The molecular weight excluding hydrogens is 260 g/mol. The van der Waals surface area contributed by atoms with Crippen molar-refractivity contribution < 1.29 is 9.84 Å². The molecule has 1 N–H and O–H groups in total. The molecule has 0 heterocycles. The Bertz CT molecular complexity index is 414. The van der Waals surface area contributed by atoms with Gasteiger partial charge in [0.05, 0.1) is 12.7 Å². The highest BCUT2D eigenvalue weighted by Gasteiger charge is 2.20. The summed E-state index contributed by atoms with van der Waals surface area (Å²) in [6.45, 7) is 3.08. The number of unbranched alkanes of at least 4 members (excludes halogenated alkanes) is 7. The van der Waals surface area contributed by atoms with Crippen LogP contribution >= 0.6 is 0 Å². The van der Waals surface area contributed by atoms with Crippen LogP contribution in [0.1, 0.15) is 81.9 Å². The van der Waals surface area contributed by atoms with Crippen molar-refractivity contribution in [2.75, 3.05) is 6.61 Å². The monoisotopic (exact) mass is 290 g/mol. The van der Waals surface area contributed by atoms with Gasteiger partial charge < -0.3 is 9.84 Å². The Morgan fingerprint density at radius 2 is 1.76 bits per heavy atom. The molecule has 1 aliphatic carbocycles. The molecule has 1 unspecified atom stereocenters. The Hall–Kier alpha value is -1.02. The first-order valence-electron chi connectivity index (χ1n) is 8.75. The lowest BCUT2D eigenvalue weighted by Gasteiger charge is -2.09. The van der Waals surface area contributed by atoms with Crippen molar-refractivity contribution >= 4 is 0 Å². The van der Waals surface area contributed by atoms with Crippen molar-refractivity contribution in [3.8, 4) is 5.75 Å². The fourth-order valence-corrected chi connectivity index (χ4v) is 3.09. The molecule has 0 fully saturated rings. The highest BCUT2D eigenvalue weighted by atomic mass is 16.5. The number of hydrogen-bond donors (Lipinski definition) is 1. The zero-order valence-electron chi connectivity index (χ0n) is 13.4. The van der Waals surface area contributed by atoms with E-state index in [0.717, 1.165) is 37.2 Å². The molecule has 0 aliphatic heterocycles. The molecule has 0 aromatic heterocycles. The van der Waals surface area contributed by atoms with Gasteiger partial charge in [0, 0.05) is 0 Å². The van der Waals surface area contributed by atoms with Gasteiger partial charge in [0.25, 0.3) is 0 Å². The molecule has 0 radical (unpaired) electrons. The van der Waals surface area contributed by atoms with Crippen LogP contribution in [0, 0.1) is 0 Å². The summed E-state index contributed by atoms with van der Waals surface area (Å²) in [6.07, 6.45) is 12.2. The van der Waals surface area contributed by atoms with E-state index in [1.54, 1.807) is 0 Å². The van der Waals surface area contributed by atoms with Crippen LogP contribution in [0.5, 0.6) is 5.75 Å².